The summed E-state index contributed by atoms with van der Waals surface area (Å²) in [7, 11) is 0. The molecule has 1 aromatic carbocycles. The zero-order valence-corrected chi connectivity index (χ0v) is 10.2. The lowest BCUT2D eigenvalue weighted by molar-refractivity contribution is -0.115. The molecule has 2 rings (SSSR count). The lowest BCUT2D eigenvalue weighted by Gasteiger charge is -2.08. The Labute approximate surface area is 105 Å². The van der Waals surface area contributed by atoms with Crippen LogP contribution in [0.25, 0.3) is 0 Å². The van der Waals surface area contributed by atoms with Gasteiger partial charge in [-0.15, -0.1) is 0 Å². The first kappa shape index (κ1) is 12.6. The molecule has 0 unspecified atom stereocenters. The highest BCUT2D eigenvalue weighted by molar-refractivity contribution is 5.94. The van der Waals surface area contributed by atoms with E-state index in [1.807, 2.05) is 0 Å². The topological polar surface area (TPSA) is 78.4 Å². The zero-order chi connectivity index (χ0) is 13.1. The first-order chi connectivity index (χ1) is 8.56. The van der Waals surface area contributed by atoms with Crippen molar-refractivity contribution >= 4 is 17.6 Å². The van der Waals surface area contributed by atoms with Crippen LogP contribution in [-0.4, -0.2) is 29.6 Å². The first-order valence-corrected chi connectivity index (χ1v) is 5.93. The standard InChI is InChI=1S/C13H16N2O3/c1-8-6-10(4-5-11(8)13(17)18)15-12(16)7-14-9-2-3-9/h4-6,9,14H,2-3,7H2,1H3,(H,15,16)(H,17,18). The van der Waals surface area contributed by atoms with Crippen LogP contribution in [0.4, 0.5) is 5.69 Å². The molecule has 18 heavy (non-hydrogen) atoms. The van der Waals surface area contributed by atoms with Crippen molar-refractivity contribution in [3.63, 3.8) is 0 Å². The summed E-state index contributed by atoms with van der Waals surface area (Å²) in [6.45, 7) is 2.01. The molecule has 96 valence electrons. The number of hydrogen-bond donors (Lipinski definition) is 3. The second-order valence-electron chi connectivity index (χ2n) is 4.54. The number of amides is 1. The molecule has 1 amide bonds. The molecule has 3 N–H and O–H groups in total. The molecule has 1 saturated carbocycles. The molecule has 0 aromatic heterocycles. The largest absolute Gasteiger partial charge is 0.478 e. The first-order valence-electron chi connectivity index (χ1n) is 5.93. The highest BCUT2D eigenvalue weighted by Crippen LogP contribution is 2.18. The maximum Gasteiger partial charge on any atom is 0.335 e. The van der Waals surface area contributed by atoms with Crippen molar-refractivity contribution in [1.29, 1.82) is 0 Å². The van der Waals surface area contributed by atoms with E-state index in [0.717, 1.165) is 12.8 Å². The van der Waals surface area contributed by atoms with Gasteiger partial charge in [-0.2, -0.15) is 0 Å². The summed E-state index contributed by atoms with van der Waals surface area (Å²) in [4.78, 5) is 22.4. The number of hydrogen-bond acceptors (Lipinski definition) is 3. The molecule has 1 aliphatic carbocycles. The number of carboxylic acids is 1. The Bertz CT molecular complexity index is 481. The van der Waals surface area contributed by atoms with Gasteiger partial charge in [0.1, 0.15) is 0 Å². The zero-order valence-electron chi connectivity index (χ0n) is 10.2. The number of anilines is 1. The molecule has 1 aromatic rings. The fraction of sp³-hybridized carbons (Fsp3) is 0.385. The average Bonchev–Trinajstić information content (AvgIpc) is 3.09. The number of aryl methyl sites for hydroxylation is 1. The highest BCUT2D eigenvalue weighted by Gasteiger charge is 2.21. The molecule has 5 heteroatoms. The smallest absolute Gasteiger partial charge is 0.335 e. The van der Waals surface area contributed by atoms with E-state index in [1.54, 1.807) is 19.1 Å². The molecule has 0 bridgehead atoms. The van der Waals surface area contributed by atoms with E-state index in [0.29, 0.717) is 23.8 Å². The summed E-state index contributed by atoms with van der Waals surface area (Å²) in [5.41, 5.74) is 1.51. The third-order valence-electron chi connectivity index (χ3n) is 2.87. The van der Waals surface area contributed by atoms with Crippen molar-refractivity contribution in [3.8, 4) is 0 Å². The van der Waals surface area contributed by atoms with E-state index in [1.165, 1.54) is 6.07 Å². The number of rotatable bonds is 5. The van der Waals surface area contributed by atoms with Crippen molar-refractivity contribution in [2.24, 2.45) is 0 Å². The molecule has 1 fully saturated rings. The average molecular weight is 248 g/mol. The lowest BCUT2D eigenvalue weighted by atomic mass is 10.1. The molecule has 1 aliphatic rings. The molecular formula is C13H16N2O3. The predicted molar refractivity (Wildman–Crippen MR) is 67.8 cm³/mol. The van der Waals surface area contributed by atoms with Crippen molar-refractivity contribution in [1.82, 2.24) is 5.32 Å². The van der Waals surface area contributed by atoms with Crippen LogP contribution in [-0.2, 0) is 4.79 Å². The van der Waals surface area contributed by atoms with Crippen LogP contribution in [0.5, 0.6) is 0 Å². The summed E-state index contributed by atoms with van der Waals surface area (Å²) >= 11 is 0. The van der Waals surface area contributed by atoms with E-state index in [4.69, 9.17) is 5.11 Å². The van der Waals surface area contributed by atoms with Gasteiger partial charge in [-0.3, -0.25) is 4.79 Å². The number of carbonyl (C=O) groups excluding carboxylic acids is 1. The van der Waals surface area contributed by atoms with E-state index in [9.17, 15) is 9.59 Å². The van der Waals surface area contributed by atoms with Crippen molar-refractivity contribution < 1.29 is 14.7 Å². The quantitative estimate of drug-likeness (QED) is 0.735. The molecule has 0 spiro atoms. The van der Waals surface area contributed by atoms with Gasteiger partial charge in [0.05, 0.1) is 12.1 Å². The minimum Gasteiger partial charge on any atom is -0.478 e. The Morgan fingerprint density at radius 1 is 1.39 bits per heavy atom. The summed E-state index contributed by atoms with van der Waals surface area (Å²) in [6.07, 6.45) is 2.28. The van der Waals surface area contributed by atoms with Gasteiger partial charge < -0.3 is 15.7 Å². The normalized spacial score (nSPS) is 14.3. The summed E-state index contributed by atoms with van der Waals surface area (Å²) in [5.74, 6) is -1.06. The van der Waals surface area contributed by atoms with Crippen molar-refractivity contribution in [2.75, 3.05) is 11.9 Å². The summed E-state index contributed by atoms with van der Waals surface area (Å²) < 4.78 is 0. The fourth-order valence-corrected chi connectivity index (χ4v) is 1.71. The Morgan fingerprint density at radius 3 is 2.67 bits per heavy atom. The number of benzene rings is 1. The van der Waals surface area contributed by atoms with Crippen molar-refractivity contribution in [3.05, 3.63) is 29.3 Å². The molecule has 0 atom stereocenters. The highest BCUT2D eigenvalue weighted by atomic mass is 16.4. The van der Waals surface area contributed by atoms with Crippen LogP contribution in [0.2, 0.25) is 0 Å². The number of nitrogens with one attached hydrogen (secondary N) is 2. The number of aromatic carboxylic acids is 1. The molecule has 5 nitrogen and oxygen atoms in total. The van der Waals surface area contributed by atoms with E-state index in [2.05, 4.69) is 10.6 Å². The van der Waals surface area contributed by atoms with E-state index < -0.39 is 5.97 Å². The van der Waals surface area contributed by atoms with Gasteiger partial charge in [0.2, 0.25) is 5.91 Å². The van der Waals surface area contributed by atoms with Crippen LogP contribution in [0.15, 0.2) is 18.2 Å². The maximum atomic E-state index is 11.6. The van der Waals surface area contributed by atoms with Crippen LogP contribution >= 0.6 is 0 Å². The van der Waals surface area contributed by atoms with Gasteiger partial charge in [0.25, 0.3) is 0 Å². The number of carbonyl (C=O) groups is 2. The molecular weight excluding hydrogens is 232 g/mol. The summed E-state index contributed by atoms with van der Waals surface area (Å²) in [5, 5.41) is 14.7. The SMILES string of the molecule is Cc1cc(NC(=O)CNC2CC2)ccc1C(=O)O. The molecule has 0 radical (unpaired) electrons. The second kappa shape index (κ2) is 5.18. The second-order valence-corrected chi connectivity index (χ2v) is 4.54. The number of carboxylic acid groups (broad SMARTS) is 1. The molecule has 0 heterocycles. The Hall–Kier alpha value is -1.88. The maximum absolute atomic E-state index is 11.6. The van der Waals surface area contributed by atoms with E-state index >= 15 is 0 Å². The van der Waals surface area contributed by atoms with Gasteiger partial charge >= 0.3 is 5.97 Å². The molecule has 0 saturated heterocycles. The predicted octanol–water partition coefficient (Wildman–Crippen LogP) is 1.38. The fourth-order valence-electron chi connectivity index (χ4n) is 1.71. The van der Waals surface area contributed by atoms with Gasteiger partial charge in [0.15, 0.2) is 0 Å². The molecule has 0 aliphatic heterocycles. The van der Waals surface area contributed by atoms with Crippen LogP contribution in [0.3, 0.4) is 0 Å². The Kier molecular flexibility index (Phi) is 3.62. The monoisotopic (exact) mass is 248 g/mol. The van der Waals surface area contributed by atoms with Crippen LogP contribution < -0.4 is 10.6 Å². The van der Waals surface area contributed by atoms with E-state index in [-0.39, 0.29) is 11.5 Å². The van der Waals surface area contributed by atoms with Crippen LogP contribution in [0, 0.1) is 6.92 Å². The van der Waals surface area contributed by atoms with Crippen molar-refractivity contribution in [2.45, 2.75) is 25.8 Å². The Balaban J connectivity index is 1.94. The lowest BCUT2D eigenvalue weighted by Crippen LogP contribution is -2.29. The third-order valence-corrected chi connectivity index (χ3v) is 2.87. The van der Waals surface area contributed by atoms with Gasteiger partial charge in [-0.05, 0) is 43.5 Å². The van der Waals surface area contributed by atoms with Gasteiger partial charge in [0, 0.05) is 11.7 Å². The van der Waals surface area contributed by atoms with Gasteiger partial charge in [-0.25, -0.2) is 4.79 Å². The summed E-state index contributed by atoms with van der Waals surface area (Å²) in [6, 6.07) is 5.26. The minimum absolute atomic E-state index is 0.107. The Morgan fingerprint density at radius 2 is 2.11 bits per heavy atom. The third kappa shape index (κ3) is 3.30. The van der Waals surface area contributed by atoms with Crippen LogP contribution in [0.1, 0.15) is 28.8 Å². The van der Waals surface area contributed by atoms with Gasteiger partial charge in [-0.1, -0.05) is 0 Å². The minimum atomic E-state index is -0.958.